The summed E-state index contributed by atoms with van der Waals surface area (Å²) in [7, 11) is 0. The van der Waals surface area contributed by atoms with Crippen molar-refractivity contribution in [2.24, 2.45) is 0 Å². The van der Waals surface area contributed by atoms with E-state index in [9.17, 15) is 13.6 Å². The molecule has 0 aliphatic rings. The molecule has 0 atom stereocenters. The van der Waals surface area contributed by atoms with Crippen LogP contribution < -0.4 is 0 Å². The molecule has 13 heavy (non-hydrogen) atoms. The van der Waals surface area contributed by atoms with Gasteiger partial charge in [0.1, 0.15) is 0 Å². The van der Waals surface area contributed by atoms with E-state index in [4.69, 9.17) is 0 Å². The molecular weight excluding hydrogens is 232 g/mol. The molecular formula is C7H10CuF2NO2. The molecule has 0 N–H and O–H groups in total. The molecule has 0 aromatic heterocycles. The van der Waals surface area contributed by atoms with E-state index in [0.717, 1.165) is 0 Å². The molecule has 0 spiro atoms. The fourth-order valence-electron chi connectivity index (χ4n) is 0.629. The van der Waals surface area contributed by atoms with Crippen LogP contribution in [-0.2, 0) is 21.8 Å². The molecule has 3 nitrogen and oxygen atoms in total. The Kier molecular flexibility index (Phi) is 9.17. The second-order valence-electron chi connectivity index (χ2n) is 1.90. The number of hydrogen-bond acceptors (Lipinski definition) is 2. The van der Waals surface area contributed by atoms with Gasteiger partial charge in [-0.1, -0.05) is 0 Å². The predicted octanol–water partition coefficient (Wildman–Crippen LogP) is 2.00. The summed E-state index contributed by atoms with van der Waals surface area (Å²) in [6.07, 6.45) is -1.77. The fourth-order valence-corrected chi connectivity index (χ4v) is 0.629. The molecule has 0 aliphatic heterocycles. The molecule has 0 saturated heterocycles. The number of halogens is 2. The van der Waals surface area contributed by atoms with Crippen LogP contribution in [0.2, 0.25) is 0 Å². The van der Waals surface area contributed by atoms with Gasteiger partial charge in [-0.25, -0.2) is 0 Å². The molecule has 1 amide bonds. The largest absolute Gasteiger partial charge is 1.00 e. The van der Waals surface area contributed by atoms with Gasteiger partial charge in [0, 0.05) is 13.1 Å². The number of nitrogens with zero attached hydrogens (tertiary/aromatic N) is 1. The third-order valence-corrected chi connectivity index (χ3v) is 1.24. The summed E-state index contributed by atoms with van der Waals surface area (Å²) in [6.45, 7) is 4.29. The topological polar surface area (TPSA) is 29.5 Å². The number of rotatable bonds is 3. The standard InChI is InChI=1S/C7H10F2NO2.Cu/c1-3-10(4-2)7(11)12-5-6(8)9;/h3-4H2,1-2H3;/q-1;+1. The Hall–Kier alpha value is -0.611. The van der Waals surface area contributed by atoms with Crippen molar-refractivity contribution in [3.8, 4) is 0 Å². The average molecular weight is 242 g/mol. The van der Waals surface area contributed by atoms with Crippen molar-refractivity contribution in [2.75, 3.05) is 13.1 Å². The predicted molar refractivity (Wildman–Crippen MR) is 38.4 cm³/mol. The summed E-state index contributed by atoms with van der Waals surface area (Å²) in [5, 5.41) is 0. The second-order valence-corrected chi connectivity index (χ2v) is 1.90. The zero-order chi connectivity index (χ0) is 9.56. The van der Waals surface area contributed by atoms with Gasteiger partial charge in [-0.05, 0) is 20.1 Å². The van der Waals surface area contributed by atoms with Gasteiger partial charge >= 0.3 is 17.1 Å². The maximum atomic E-state index is 11.4. The molecule has 0 fully saturated rings. The Labute approximate surface area is 86.2 Å². The van der Waals surface area contributed by atoms with Crippen molar-refractivity contribution in [2.45, 2.75) is 13.8 Å². The Morgan fingerprint density at radius 2 is 1.85 bits per heavy atom. The van der Waals surface area contributed by atoms with Crippen molar-refractivity contribution < 1.29 is 35.4 Å². The summed E-state index contributed by atoms with van der Waals surface area (Å²) < 4.78 is 26.7. The van der Waals surface area contributed by atoms with Crippen LogP contribution in [0.4, 0.5) is 13.6 Å². The van der Waals surface area contributed by atoms with E-state index in [1.165, 1.54) is 11.2 Å². The van der Waals surface area contributed by atoms with Crippen LogP contribution in [0, 0.1) is 6.26 Å². The van der Waals surface area contributed by atoms with Crippen molar-refractivity contribution in [1.29, 1.82) is 0 Å². The van der Waals surface area contributed by atoms with Crippen molar-refractivity contribution in [3.05, 3.63) is 12.3 Å². The van der Waals surface area contributed by atoms with Gasteiger partial charge in [-0.3, -0.25) is 0 Å². The summed E-state index contributed by atoms with van der Waals surface area (Å²) in [5.74, 6) is 0. The van der Waals surface area contributed by atoms with Gasteiger partial charge in [0.15, 0.2) is 0 Å². The average Bonchev–Trinajstić information content (AvgIpc) is 2.03. The zero-order valence-electron chi connectivity index (χ0n) is 7.24. The third kappa shape index (κ3) is 6.54. The number of amides is 1. The Bertz CT molecular complexity index is 179. The van der Waals surface area contributed by atoms with E-state index < -0.39 is 12.2 Å². The number of carbonyl (C=O) groups excluding carboxylic acids is 1. The molecule has 0 heterocycles. The summed E-state index contributed by atoms with van der Waals surface area (Å²) >= 11 is 0. The SMILES string of the molecule is CCN(CC)C(=O)O[C-]=C(F)F.[Cu+]. The van der Waals surface area contributed by atoms with E-state index in [0.29, 0.717) is 13.1 Å². The van der Waals surface area contributed by atoms with Gasteiger partial charge < -0.3 is 14.4 Å². The first-order chi connectivity index (χ1) is 5.61. The molecule has 0 saturated carbocycles. The van der Waals surface area contributed by atoms with E-state index in [2.05, 4.69) is 4.74 Å². The normalized spacial score (nSPS) is 8.31. The molecule has 0 aliphatic carbocycles. The second kappa shape index (κ2) is 8.01. The molecule has 0 bridgehead atoms. The Morgan fingerprint density at radius 3 is 2.15 bits per heavy atom. The minimum absolute atomic E-state index is 0. The Balaban J connectivity index is 0. The Morgan fingerprint density at radius 1 is 1.38 bits per heavy atom. The van der Waals surface area contributed by atoms with Crippen molar-refractivity contribution in [3.63, 3.8) is 0 Å². The van der Waals surface area contributed by atoms with E-state index in [1.807, 2.05) is 0 Å². The number of hydrogen-bond donors (Lipinski definition) is 0. The monoisotopic (exact) mass is 241 g/mol. The fraction of sp³-hybridized carbons (Fsp3) is 0.571. The first-order valence-electron chi connectivity index (χ1n) is 3.51. The van der Waals surface area contributed by atoms with Crippen LogP contribution in [0.3, 0.4) is 0 Å². The smallest absolute Gasteiger partial charge is 0.597 e. The molecule has 0 unspecified atom stereocenters. The first-order valence-corrected chi connectivity index (χ1v) is 3.51. The van der Waals surface area contributed by atoms with Crippen LogP contribution in [0.1, 0.15) is 13.8 Å². The van der Waals surface area contributed by atoms with Gasteiger partial charge in [-0.2, -0.15) is 8.78 Å². The van der Waals surface area contributed by atoms with Crippen LogP contribution in [0.5, 0.6) is 0 Å². The summed E-state index contributed by atoms with van der Waals surface area (Å²) in [4.78, 5) is 12.1. The van der Waals surface area contributed by atoms with Gasteiger partial charge in [0.2, 0.25) is 12.2 Å². The van der Waals surface area contributed by atoms with Gasteiger partial charge in [0.05, 0.1) is 0 Å². The zero-order valence-corrected chi connectivity index (χ0v) is 8.18. The summed E-state index contributed by atoms with van der Waals surface area (Å²) in [6, 6.07) is 0. The van der Waals surface area contributed by atoms with Crippen LogP contribution in [0.25, 0.3) is 0 Å². The van der Waals surface area contributed by atoms with Gasteiger partial charge in [-0.15, -0.1) is 0 Å². The van der Waals surface area contributed by atoms with Crippen LogP contribution in [-0.4, -0.2) is 24.1 Å². The van der Waals surface area contributed by atoms with E-state index in [1.54, 1.807) is 13.8 Å². The molecule has 0 radical (unpaired) electrons. The molecule has 80 valence electrons. The molecule has 0 aromatic rings. The minimum Gasteiger partial charge on any atom is -0.597 e. The number of ether oxygens (including phenoxy) is 1. The maximum Gasteiger partial charge on any atom is 1.00 e. The van der Waals surface area contributed by atoms with Gasteiger partial charge in [0.25, 0.3) is 0 Å². The summed E-state index contributed by atoms with van der Waals surface area (Å²) in [5.41, 5.74) is 0. The quantitative estimate of drug-likeness (QED) is 0.430. The van der Waals surface area contributed by atoms with E-state index >= 15 is 0 Å². The number of carbonyl (C=O) groups is 1. The minimum atomic E-state index is -2.14. The van der Waals surface area contributed by atoms with Crippen LogP contribution >= 0.6 is 0 Å². The van der Waals surface area contributed by atoms with Crippen LogP contribution in [0.15, 0.2) is 6.08 Å². The first kappa shape index (κ1) is 14.9. The maximum absolute atomic E-state index is 11.4. The van der Waals surface area contributed by atoms with E-state index in [-0.39, 0.29) is 17.1 Å². The van der Waals surface area contributed by atoms with Crippen molar-refractivity contribution >= 4 is 6.09 Å². The molecule has 0 rings (SSSR count). The molecule has 0 aromatic carbocycles. The third-order valence-electron chi connectivity index (χ3n) is 1.24. The molecule has 6 heteroatoms. The van der Waals surface area contributed by atoms with Crippen molar-refractivity contribution in [1.82, 2.24) is 4.90 Å².